The zero-order valence-electron chi connectivity index (χ0n) is 11.5. The molecule has 1 aromatic rings. The predicted octanol–water partition coefficient (Wildman–Crippen LogP) is 1.11. The highest BCUT2D eigenvalue weighted by atomic mass is 32.1. The first-order valence-corrected chi connectivity index (χ1v) is 6.55. The lowest BCUT2D eigenvalue weighted by atomic mass is 10.2. The Bertz CT molecular complexity index is 534. The number of carboxylic acids is 1. The fourth-order valence-electron chi connectivity index (χ4n) is 1.46. The van der Waals surface area contributed by atoms with Gasteiger partial charge in [-0.05, 0) is 42.4 Å². The van der Waals surface area contributed by atoms with Crippen molar-refractivity contribution >= 4 is 29.5 Å². The van der Waals surface area contributed by atoms with Gasteiger partial charge in [0.25, 0.3) is 0 Å². The molecule has 1 rings (SSSR count). The molecule has 0 aliphatic carbocycles. The van der Waals surface area contributed by atoms with E-state index in [0.29, 0.717) is 24.5 Å². The van der Waals surface area contributed by atoms with Crippen LogP contribution in [0.1, 0.15) is 18.4 Å². The minimum atomic E-state index is -0.845. The number of hydrogen-bond acceptors (Lipinski definition) is 5. The van der Waals surface area contributed by atoms with Crippen molar-refractivity contribution in [3.05, 3.63) is 23.8 Å². The lowest BCUT2D eigenvalue weighted by Gasteiger charge is -2.10. The van der Waals surface area contributed by atoms with Gasteiger partial charge >= 0.3 is 5.97 Å². The average Bonchev–Trinajstić information content (AvgIpc) is 2.43. The monoisotopic (exact) mass is 311 g/mol. The van der Waals surface area contributed by atoms with Gasteiger partial charge in [-0.25, -0.2) is 0 Å². The van der Waals surface area contributed by atoms with E-state index in [-0.39, 0.29) is 11.5 Å². The largest absolute Gasteiger partial charge is 0.493 e. The van der Waals surface area contributed by atoms with Crippen molar-refractivity contribution in [3.63, 3.8) is 0 Å². The van der Waals surface area contributed by atoms with Crippen molar-refractivity contribution in [2.24, 2.45) is 10.8 Å². The van der Waals surface area contributed by atoms with Gasteiger partial charge in [-0.15, -0.1) is 0 Å². The third-order valence-electron chi connectivity index (χ3n) is 2.37. The highest BCUT2D eigenvalue weighted by Crippen LogP contribution is 2.27. The van der Waals surface area contributed by atoms with E-state index >= 15 is 0 Å². The summed E-state index contributed by atoms with van der Waals surface area (Å²) >= 11 is 4.62. The fourth-order valence-corrected chi connectivity index (χ4v) is 1.51. The van der Waals surface area contributed by atoms with Crippen LogP contribution in [-0.4, -0.2) is 36.1 Å². The Morgan fingerprint density at radius 1 is 1.52 bits per heavy atom. The molecule has 0 radical (unpaired) electrons. The zero-order valence-corrected chi connectivity index (χ0v) is 12.4. The molecule has 0 saturated carbocycles. The molecule has 0 bridgehead atoms. The first-order valence-electron chi connectivity index (χ1n) is 6.14. The molecular formula is C13H17N3O4S. The van der Waals surface area contributed by atoms with Crippen LogP contribution in [0.15, 0.2) is 23.3 Å². The van der Waals surface area contributed by atoms with Crippen molar-refractivity contribution in [1.82, 2.24) is 5.43 Å². The minimum absolute atomic E-state index is 0.0672. The summed E-state index contributed by atoms with van der Waals surface area (Å²) in [5, 5.41) is 12.5. The van der Waals surface area contributed by atoms with Crippen LogP contribution in [0.5, 0.6) is 11.5 Å². The van der Waals surface area contributed by atoms with Gasteiger partial charge in [0.1, 0.15) is 0 Å². The second kappa shape index (κ2) is 8.75. The molecule has 0 aliphatic rings. The number of aliphatic carboxylic acids is 1. The van der Waals surface area contributed by atoms with Gasteiger partial charge in [0.05, 0.1) is 19.9 Å². The van der Waals surface area contributed by atoms with E-state index in [4.69, 9.17) is 20.3 Å². The third-order valence-corrected chi connectivity index (χ3v) is 2.46. The molecule has 4 N–H and O–H groups in total. The van der Waals surface area contributed by atoms with Gasteiger partial charge in [-0.3, -0.25) is 10.2 Å². The fraction of sp³-hybridized carbons (Fsp3) is 0.308. The number of thiocarbonyl (C=S) groups is 1. The normalized spacial score (nSPS) is 10.3. The standard InChI is InChI=1S/C13H17N3O4S/c1-19-11-7-9(8-15-16-13(14)21)4-5-10(11)20-6-2-3-12(17)18/h4-5,7-8H,2-3,6H2,1H3,(H,17,18)(H3,14,16,21)/b15-8+. The molecule has 0 saturated heterocycles. The van der Waals surface area contributed by atoms with E-state index in [1.165, 1.54) is 13.3 Å². The van der Waals surface area contributed by atoms with E-state index < -0.39 is 5.97 Å². The maximum atomic E-state index is 10.4. The Morgan fingerprint density at radius 2 is 2.29 bits per heavy atom. The molecule has 0 heterocycles. The molecule has 8 heteroatoms. The van der Waals surface area contributed by atoms with E-state index in [1.807, 2.05) is 0 Å². The Hall–Kier alpha value is -2.35. The zero-order chi connectivity index (χ0) is 15.7. The number of methoxy groups -OCH3 is 1. The maximum absolute atomic E-state index is 10.4. The van der Waals surface area contributed by atoms with Gasteiger partial charge in [0.2, 0.25) is 0 Å². The molecule has 0 spiro atoms. The molecule has 7 nitrogen and oxygen atoms in total. The predicted molar refractivity (Wildman–Crippen MR) is 82.9 cm³/mol. The topological polar surface area (TPSA) is 106 Å². The number of nitrogens with two attached hydrogens (primary N) is 1. The summed E-state index contributed by atoms with van der Waals surface area (Å²) in [6, 6.07) is 5.23. The van der Waals surface area contributed by atoms with Crippen molar-refractivity contribution in [3.8, 4) is 11.5 Å². The summed E-state index contributed by atoms with van der Waals surface area (Å²) in [5.74, 6) is 0.231. The number of benzene rings is 1. The Balaban J connectivity index is 2.63. The van der Waals surface area contributed by atoms with Gasteiger partial charge in [0, 0.05) is 6.42 Å². The van der Waals surface area contributed by atoms with E-state index in [9.17, 15) is 4.79 Å². The summed E-state index contributed by atoms with van der Waals surface area (Å²) < 4.78 is 10.7. The van der Waals surface area contributed by atoms with E-state index in [0.717, 1.165) is 5.56 Å². The van der Waals surface area contributed by atoms with E-state index in [2.05, 4.69) is 22.7 Å². The molecule has 0 aromatic heterocycles. The van der Waals surface area contributed by atoms with E-state index in [1.54, 1.807) is 18.2 Å². The quantitative estimate of drug-likeness (QED) is 0.286. The number of hydrazone groups is 1. The maximum Gasteiger partial charge on any atom is 0.303 e. The van der Waals surface area contributed by atoms with Gasteiger partial charge in [0.15, 0.2) is 16.6 Å². The first kappa shape index (κ1) is 16.7. The molecule has 0 atom stereocenters. The number of nitrogens with zero attached hydrogens (tertiary/aromatic N) is 1. The third kappa shape index (κ3) is 6.57. The van der Waals surface area contributed by atoms with Crippen LogP contribution in [-0.2, 0) is 4.79 Å². The average molecular weight is 311 g/mol. The first-order chi connectivity index (χ1) is 10.0. The van der Waals surface area contributed by atoms with Gasteiger partial charge in [-0.2, -0.15) is 5.10 Å². The lowest BCUT2D eigenvalue weighted by Crippen LogP contribution is -2.23. The molecule has 114 valence electrons. The van der Waals surface area contributed by atoms with Gasteiger partial charge in [-0.1, -0.05) is 0 Å². The molecule has 21 heavy (non-hydrogen) atoms. The molecule has 0 aliphatic heterocycles. The van der Waals surface area contributed by atoms with Crippen molar-refractivity contribution in [1.29, 1.82) is 0 Å². The number of carboxylic acid groups (broad SMARTS) is 1. The molecule has 0 unspecified atom stereocenters. The number of rotatable bonds is 8. The molecule has 0 fully saturated rings. The lowest BCUT2D eigenvalue weighted by molar-refractivity contribution is -0.137. The van der Waals surface area contributed by atoms with Crippen molar-refractivity contribution in [2.75, 3.05) is 13.7 Å². The van der Waals surface area contributed by atoms with Gasteiger partial charge < -0.3 is 20.3 Å². The minimum Gasteiger partial charge on any atom is -0.493 e. The SMILES string of the molecule is COc1cc(/C=N/NC(N)=S)ccc1OCCCC(=O)O. The highest BCUT2D eigenvalue weighted by Gasteiger charge is 2.05. The van der Waals surface area contributed by atoms with Crippen LogP contribution in [0.2, 0.25) is 0 Å². The number of hydrogen-bond donors (Lipinski definition) is 3. The Kier molecular flexibility index (Phi) is 6.96. The van der Waals surface area contributed by atoms with Crippen LogP contribution in [0.4, 0.5) is 0 Å². The number of nitrogens with one attached hydrogen (secondary N) is 1. The summed E-state index contributed by atoms with van der Waals surface area (Å²) in [7, 11) is 1.52. The second-order valence-corrected chi connectivity index (χ2v) is 4.43. The Labute approximate surface area is 127 Å². The molecule has 0 amide bonds. The molecule has 1 aromatic carbocycles. The van der Waals surface area contributed by atoms with Crippen LogP contribution in [0.3, 0.4) is 0 Å². The Morgan fingerprint density at radius 3 is 2.90 bits per heavy atom. The second-order valence-electron chi connectivity index (χ2n) is 3.99. The highest BCUT2D eigenvalue weighted by molar-refractivity contribution is 7.80. The van der Waals surface area contributed by atoms with Crippen LogP contribution >= 0.6 is 12.2 Å². The van der Waals surface area contributed by atoms with Crippen LogP contribution in [0.25, 0.3) is 0 Å². The van der Waals surface area contributed by atoms with Crippen molar-refractivity contribution in [2.45, 2.75) is 12.8 Å². The number of carbonyl (C=O) groups is 1. The summed E-state index contributed by atoms with van der Waals surface area (Å²) in [4.78, 5) is 10.4. The summed E-state index contributed by atoms with van der Waals surface area (Å²) in [6.45, 7) is 0.305. The number of ether oxygens (including phenoxy) is 2. The smallest absolute Gasteiger partial charge is 0.303 e. The molecular weight excluding hydrogens is 294 g/mol. The van der Waals surface area contributed by atoms with Crippen LogP contribution < -0.4 is 20.6 Å². The van der Waals surface area contributed by atoms with Crippen molar-refractivity contribution < 1.29 is 19.4 Å². The summed E-state index contributed by atoms with van der Waals surface area (Å²) in [5.41, 5.74) is 8.47. The summed E-state index contributed by atoms with van der Waals surface area (Å²) in [6.07, 6.45) is 2.03. The van der Waals surface area contributed by atoms with Crippen LogP contribution in [0, 0.1) is 0 Å².